The minimum Gasteiger partial charge on any atom is -0.497 e. The molecule has 0 aliphatic rings. The van der Waals surface area contributed by atoms with Crippen molar-refractivity contribution < 1.29 is 9.53 Å². The molecule has 0 fully saturated rings. The molecule has 1 atom stereocenters. The monoisotopic (exact) mass is 359 g/mol. The largest absolute Gasteiger partial charge is 0.497 e. The lowest BCUT2D eigenvalue weighted by atomic mass is 9.75. The van der Waals surface area contributed by atoms with E-state index < -0.39 is 5.41 Å². The molecular weight excluding hydrogens is 334 g/mol. The van der Waals surface area contributed by atoms with Crippen LogP contribution in [0, 0.1) is 0 Å². The Morgan fingerprint density at radius 1 is 0.852 bits per heavy atom. The van der Waals surface area contributed by atoms with Gasteiger partial charge in [-0.1, -0.05) is 72.8 Å². The highest BCUT2D eigenvalue weighted by Gasteiger charge is 2.37. The van der Waals surface area contributed by atoms with Crippen molar-refractivity contribution in [2.24, 2.45) is 0 Å². The van der Waals surface area contributed by atoms with Gasteiger partial charge in [-0.25, -0.2) is 0 Å². The fourth-order valence-electron chi connectivity index (χ4n) is 3.29. The average Bonchev–Trinajstić information content (AvgIpc) is 2.74. The third-order valence-corrected chi connectivity index (χ3v) is 5.12. The highest BCUT2D eigenvalue weighted by molar-refractivity contribution is 5.91. The van der Waals surface area contributed by atoms with Gasteiger partial charge in [0.25, 0.3) is 0 Å². The van der Waals surface area contributed by atoms with E-state index in [0.717, 1.165) is 22.4 Å². The maximum atomic E-state index is 13.4. The van der Waals surface area contributed by atoms with Crippen molar-refractivity contribution in [3.63, 3.8) is 0 Å². The minimum absolute atomic E-state index is 0.0248. The second-order valence-corrected chi connectivity index (χ2v) is 6.83. The molecule has 0 bridgehead atoms. The third-order valence-electron chi connectivity index (χ3n) is 5.12. The maximum absolute atomic E-state index is 13.4. The zero-order chi connectivity index (χ0) is 19.3. The van der Waals surface area contributed by atoms with Crippen molar-refractivity contribution in [1.82, 2.24) is 5.32 Å². The topological polar surface area (TPSA) is 38.3 Å². The quantitative estimate of drug-likeness (QED) is 0.681. The number of benzene rings is 3. The Kier molecular flexibility index (Phi) is 5.60. The number of ether oxygens (including phenoxy) is 1. The Morgan fingerprint density at radius 3 is 1.78 bits per heavy atom. The Morgan fingerprint density at radius 2 is 1.33 bits per heavy atom. The predicted octanol–water partition coefficient (Wildman–Crippen LogP) is 4.88. The Hall–Kier alpha value is -3.07. The Labute approximate surface area is 161 Å². The standard InChI is InChI=1S/C24H25NO2/c1-18(19-14-16-22(27-3)17-15-19)25-23(26)24(2,20-10-6-4-7-11-20)21-12-8-5-9-13-21/h4-18H,1-3H3,(H,25,26)/t18-/m1/s1. The fourth-order valence-corrected chi connectivity index (χ4v) is 3.29. The van der Waals surface area contributed by atoms with Gasteiger partial charge in [0.2, 0.25) is 5.91 Å². The van der Waals surface area contributed by atoms with Gasteiger partial charge in [0.1, 0.15) is 5.75 Å². The number of carbonyl (C=O) groups is 1. The van der Waals surface area contributed by atoms with Gasteiger partial charge >= 0.3 is 0 Å². The number of hydrogen-bond donors (Lipinski definition) is 1. The molecule has 0 heterocycles. The minimum atomic E-state index is -0.775. The van der Waals surface area contributed by atoms with E-state index in [-0.39, 0.29) is 11.9 Å². The zero-order valence-electron chi connectivity index (χ0n) is 16.0. The van der Waals surface area contributed by atoms with Crippen LogP contribution in [0.25, 0.3) is 0 Å². The molecule has 0 aliphatic heterocycles. The summed E-state index contributed by atoms with van der Waals surface area (Å²) in [6.07, 6.45) is 0. The molecule has 0 saturated heterocycles. The van der Waals surface area contributed by atoms with Gasteiger partial charge in [-0.05, 0) is 42.7 Å². The zero-order valence-corrected chi connectivity index (χ0v) is 16.0. The van der Waals surface area contributed by atoms with E-state index in [1.807, 2.05) is 98.8 Å². The molecule has 3 aromatic rings. The van der Waals surface area contributed by atoms with Gasteiger partial charge in [0.05, 0.1) is 18.6 Å². The van der Waals surface area contributed by atoms with Gasteiger partial charge in [-0.15, -0.1) is 0 Å². The summed E-state index contributed by atoms with van der Waals surface area (Å²) in [5, 5.41) is 3.19. The van der Waals surface area contributed by atoms with Crippen molar-refractivity contribution in [1.29, 1.82) is 0 Å². The van der Waals surface area contributed by atoms with Crippen molar-refractivity contribution >= 4 is 5.91 Å². The number of nitrogens with one attached hydrogen (secondary N) is 1. The Balaban J connectivity index is 1.91. The lowest BCUT2D eigenvalue weighted by Gasteiger charge is -2.31. The number of carbonyl (C=O) groups excluding carboxylic acids is 1. The van der Waals surface area contributed by atoms with Crippen LogP contribution in [0.3, 0.4) is 0 Å². The SMILES string of the molecule is COc1ccc([C@@H](C)NC(=O)C(C)(c2ccccc2)c2ccccc2)cc1. The van der Waals surface area contributed by atoms with Gasteiger partial charge in [0.15, 0.2) is 0 Å². The van der Waals surface area contributed by atoms with Crippen LogP contribution in [0.4, 0.5) is 0 Å². The summed E-state index contributed by atoms with van der Waals surface area (Å²) < 4.78 is 5.21. The van der Waals surface area contributed by atoms with E-state index in [2.05, 4.69) is 5.32 Å². The predicted molar refractivity (Wildman–Crippen MR) is 109 cm³/mol. The number of amides is 1. The van der Waals surface area contributed by atoms with Crippen LogP contribution in [0.2, 0.25) is 0 Å². The number of methoxy groups -OCH3 is 1. The molecule has 0 aliphatic carbocycles. The van der Waals surface area contributed by atoms with E-state index in [1.54, 1.807) is 7.11 Å². The summed E-state index contributed by atoms with van der Waals surface area (Å²) in [7, 11) is 1.64. The molecule has 0 saturated carbocycles. The molecule has 3 rings (SSSR count). The third kappa shape index (κ3) is 3.87. The molecule has 27 heavy (non-hydrogen) atoms. The van der Waals surface area contributed by atoms with Gasteiger partial charge in [0, 0.05) is 0 Å². The first-order chi connectivity index (χ1) is 13.1. The molecule has 0 aromatic heterocycles. The molecule has 3 aromatic carbocycles. The summed E-state index contributed by atoms with van der Waals surface area (Å²) in [4.78, 5) is 13.4. The summed E-state index contributed by atoms with van der Waals surface area (Å²) in [6.45, 7) is 3.98. The Bertz CT molecular complexity index is 834. The summed E-state index contributed by atoms with van der Waals surface area (Å²) in [6, 6.07) is 27.5. The van der Waals surface area contributed by atoms with Crippen LogP contribution in [0.1, 0.15) is 36.6 Å². The molecule has 3 nitrogen and oxygen atoms in total. The lowest BCUT2D eigenvalue weighted by molar-refractivity contribution is -0.125. The van der Waals surface area contributed by atoms with E-state index in [1.165, 1.54) is 0 Å². The smallest absolute Gasteiger partial charge is 0.235 e. The first-order valence-electron chi connectivity index (χ1n) is 9.11. The van der Waals surface area contributed by atoms with Crippen LogP contribution >= 0.6 is 0 Å². The van der Waals surface area contributed by atoms with Crippen molar-refractivity contribution in [3.05, 3.63) is 102 Å². The van der Waals surface area contributed by atoms with Crippen LogP contribution in [-0.2, 0) is 10.2 Å². The van der Waals surface area contributed by atoms with E-state index in [4.69, 9.17) is 4.74 Å². The lowest BCUT2D eigenvalue weighted by Crippen LogP contribution is -2.44. The maximum Gasteiger partial charge on any atom is 0.235 e. The van der Waals surface area contributed by atoms with Crippen LogP contribution in [-0.4, -0.2) is 13.0 Å². The number of rotatable bonds is 6. The first-order valence-corrected chi connectivity index (χ1v) is 9.11. The molecule has 1 amide bonds. The summed E-state index contributed by atoms with van der Waals surface area (Å²) in [5.41, 5.74) is 2.20. The van der Waals surface area contributed by atoms with Crippen molar-refractivity contribution in [2.75, 3.05) is 7.11 Å². The molecule has 0 spiro atoms. The van der Waals surface area contributed by atoms with Crippen LogP contribution < -0.4 is 10.1 Å². The normalized spacial score (nSPS) is 12.3. The summed E-state index contributed by atoms with van der Waals surface area (Å²) in [5.74, 6) is 0.777. The molecule has 1 N–H and O–H groups in total. The van der Waals surface area contributed by atoms with Crippen LogP contribution in [0.15, 0.2) is 84.9 Å². The molecule has 0 unspecified atom stereocenters. The summed E-state index contributed by atoms with van der Waals surface area (Å²) >= 11 is 0. The first kappa shape index (κ1) is 18.7. The van der Waals surface area contributed by atoms with E-state index in [0.29, 0.717) is 0 Å². The molecule has 3 heteroatoms. The average molecular weight is 359 g/mol. The highest BCUT2D eigenvalue weighted by atomic mass is 16.5. The van der Waals surface area contributed by atoms with E-state index in [9.17, 15) is 4.79 Å². The van der Waals surface area contributed by atoms with Gasteiger partial charge < -0.3 is 10.1 Å². The van der Waals surface area contributed by atoms with Crippen molar-refractivity contribution in [2.45, 2.75) is 25.3 Å². The molecule has 0 radical (unpaired) electrons. The number of hydrogen-bond acceptors (Lipinski definition) is 2. The highest BCUT2D eigenvalue weighted by Crippen LogP contribution is 2.33. The van der Waals surface area contributed by atoms with Crippen LogP contribution in [0.5, 0.6) is 5.75 Å². The fraction of sp³-hybridized carbons (Fsp3) is 0.208. The second-order valence-electron chi connectivity index (χ2n) is 6.83. The van der Waals surface area contributed by atoms with Gasteiger partial charge in [-0.2, -0.15) is 0 Å². The molecular formula is C24H25NO2. The van der Waals surface area contributed by atoms with Crippen molar-refractivity contribution in [3.8, 4) is 5.75 Å². The molecule has 138 valence electrons. The van der Waals surface area contributed by atoms with E-state index >= 15 is 0 Å². The second kappa shape index (κ2) is 8.09. The van der Waals surface area contributed by atoms with Gasteiger partial charge in [-0.3, -0.25) is 4.79 Å².